The Morgan fingerprint density at radius 3 is 2.57 bits per heavy atom. The van der Waals surface area contributed by atoms with Gasteiger partial charge in [-0.25, -0.2) is 9.48 Å². The summed E-state index contributed by atoms with van der Waals surface area (Å²) < 4.78 is 12.3. The predicted octanol–water partition coefficient (Wildman–Crippen LogP) is 4.59. The molecule has 2 aromatic carbocycles. The molecule has 6 heteroatoms. The molecule has 3 aromatic rings. The number of aryl methyl sites for hydroxylation is 2. The molecule has 1 aromatic heterocycles. The Balaban J connectivity index is 2.16. The summed E-state index contributed by atoms with van der Waals surface area (Å²) in [5.41, 5.74) is 4.94. The molecule has 0 aliphatic heterocycles. The van der Waals surface area contributed by atoms with Gasteiger partial charge in [-0.2, -0.15) is 5.10 Å². The highest BCUT2D eigenvalue weighted by Gasteiger charge is 2.20. The van der Waals surface area contributed by atoms with E-state index in [0.717, 1.165) is 34.7 Å². The van der Waals surface area contributed by atoms with Crippen molar-refractivity contribution in [1.82, 2.24) is 9.78 Å². The van der Waals surface area contributed by atoms with Crippen molar-refractivity contribution >= 4 is 17.5 Å². The number of esters is 1. The minimum absolute atomic E-state index is 0.386. The summed E-state index contributed by atoms with van der Waals surface area (Å²) in [6.45, 7) is 6.03. The zero-order chi connectivity index (χ0) is 20.3. The van der Waals surface area contributed by atoms with Gasteiger partial charge in [0.25, 0.3) is 0 Å². The first-order valence-corrected chi connectivity index (χ1v) is 9.18. The van der Waals surface area contributed by atoms with Crippen molar-refractivity contribution < 1.29 is 14.3 Å². The Morgan fingerprint density at radius 1 is 1.14 bits per heavy atom. The minimum atomic E-state index is -0.386. The summed E-state index contributed by atoms with van der Waals surface area (Å²) in [7, 11) is 3.02. The lowest BCUT2D eigenvalue weighted by Crippen LogP contribution is -2.09. The van der Waals surface area contributed by atoms with Crippen LogP contribution in [-0.2, 0) is 11.2 Å². The molecule has 0 bridgehead atoms. The van der Waals surface area contributed by atoms with Gasteiger partial charge < -0.3 is 14.8 Å². The number of para-hydroxylation sites is 2. The van der Waals surface area contributed by atoms with Gasteiger partial charge in [-0.05, 0) is 44.5 Å². The van der Waals surface area contributed by atoms with E-state index >= 15 is 0 Å². The van der Waals surface area contributed by atoms with E-state index in [4.69, 9.17) is 14.6 Å². The van der Waals surface area contributed by atoms with Gasteiger partial charge in [0.1, 0.15) is 17.3 Å². The number of hydrogen-bond donors (Lipinski definition) is 1. The maximum absolute atomic E-state index is 12.3. The maximum Gasteiger partial charge on any atom is 0.339 e. The zero-order valence-corrected chi connectivity index (χ0v) is 16.9. The molecular formula is C22H25N3O3. The summed E-state index contributed by atoms with van der Waals surface area (Å²) in [6.07, 6.45) is 0.792. The molecule has 0 radical (unpaired) electrons. The van der Waals surface area contributed by atoms with Crippen molar-refractivity contribution in [1.29, 1.82) is 0 Å². The van der Waals surface area contributed by atoms with Crippen molar-refractivity contribution in [2.24, 2.45) is 0 Å². The van der Waals surface area contributed by atoms with E-state index in [2.05, 4.69) is 12.2 Å². The average molecular weight is 379 g/mol. The molecular weight excluding hydrogens is 354 g/mol. The number of anilines is 2. The molecule has 3 rings (SSSR count). The second-order valence-corrected chi connectivity index (χ2v) is 6.52. The fourth-order valence-electron chi connectivity index (χ4n) is 3.18. The standard InChI is InChI=1S/C22H25N3O3/c1-6-17-15(3)21(25(24-17)19-9-7-8-10-20(19)27-4)23-18-12-11-14(2)13-16(18)22(26)28-5/h7-13,23H,6H2,1-5H3. The SMILES string of the molecule is CCc1nn(-c2ccccc2OC)c(Nc2ccc(C)cc2C(=O)OC)c1C. The molecule has 0 fully saturated rings. The molecule has 0 aliphatic carbocycles. The first-order valence-electron chi connectivity index (χ1n) is 9.18. The van der Waals surface area contributed by atoms with Crippen LogP contribution in [0, 0.1) is 13.8 Å². The van der Waals surface area contributed by atoms with Crippen LogP contribution in [0.4, 0.5) is 11.5 Å². The highest BCUT2D eigenvalue weighted by atomic mass is 16.5. The highest BCUT2D eigenvalue weighted by molar-refractivity contribution is 5.96. The summed E-state index contributed by atoms with van der Waals surface area (Å²) in [5.74, 6) is 1.12. The number of aromatic nitrogens is 2. The van der Waals surface area contributed by atoms with Gasteiger partial charge in [0, 0.05) is 5.56 Å². The number of methoxy groups -OCH3 is 2. The van der Waals surface area contributed by atoms with Gasteiger partial charge in [0.2, 0.25) is 0 Å². The average Bonchev–Trinajstić information content (AvgIpc) is 3.03. The Morgan fingerprint density at radius 2 is 1.89 bits per heavy atom. The van der Waals surface area contributed by atoms with Crippen molar-refractivity contribution in [3.8, 4) is 11.4 Å². The van der Waals surface area contributed by atoms with Crippen LogP contribution < -0.4 is 10.1 Å². The Hall–Kier alpha value is -3.28. The molecule has 0 saturated heterocycles. The topological polar surface area (TPSA) is 65.4 Å². The molecule has 28 heavy (non-hydrogen) atoms. The van der Waals surface area contributed by atoms with E-state index in [9.17, 15) is 4.79 Å². The van der Waals surface area contributed by atoms with Gasteiger partial charge in [-0.1, -0.05) is 30.7 Å². The molecule has 1 heterocycles. The van der Waals surface area contributed by atoms with Crippen LogP contribution in [0.5, 0.6) is 5.75 Å². The lowest BCUT2D eigenvalue weighted by molar-refractivity contribution is 0.0602. The molecule has 0 saturated carbocycles. The van der Waals surface area contributed by atoms with Crippen molar-refractivity contribution in [3.05, 3.63) is 64.8 Å². The highest BCUT2D eigenvalue weighted by Crippen LogP contribution is 2.32. The maximum atomic E-state index is 12.3. The second kappa shape index (κ2) is 8.17. The number of rotatable bonds is 6. The van der Waals surface area contributed by atoms with Crippen molar-refractivity contribution in [3.63, 3.8) is 0 Å². The molecule has 0 aliphatic rings. The number of carbonyl (C=O) groups is 1. The van der Waals surface area contributed by atoms with E-state index < -0.39 is 0 Å². The third-order valence-electron chi connectivity index (χ3n) is 4.70. The van der Waals surface area contributed by atoms with Crippen molar-refractivity contribution in [2.75, 3.05) is 19.5 Å². The van der Waals surface area contributed by atoms with Crippen LogP contribution in [0.1, 0.15) is 34.1 Å². The second-order valence-electron chi connectivity index (χ2n) is 6.52. The fraction of sp³-hybridized carbons (Fsp3) is 0.273. The molecule has 0 unspecified atom stereocenters. The van der Waals surface area contributed by atoms with Gasteiger partial charge in [-0.15, -0.1) is 0 Å². The lowest BCUT2D eigenvalue weighted by Gasteiger charge is -2.15. The van der Waals surface area contributed by atoms with Gasteiger partial charge in [0.15, 0.2) is 0 Å². The van der Waals surface area contributed by atoms with E-state index in [-0.39, 0.29) is 5.97 Å². The zero-order valence-electron chi connectivity index (χ0n) is 16.9. The Kier molecular flexibility index (Phi) is 5.68. The van der Waals surface area contributed by atoms with E-state index in [1.54, 1.807) is 7.11 Å². The molecule has 1 N–H and O–H groups in total. The normalized spacial score (nSPS) is 10.6. The third kappa shape index (κ3) is 3.58. The fourth-order valence-corrected chi connectivity index (χ4v) is 3.18. The summed E-state index contributed by atoms with van der Waals surface area (Å²) >= 11 is 0. The van der Waals surface area contributed by atoms with Gasteiger partial charge in [0.05, 0.1) is 31.2 Å². The number of carbonyl (C=O) groups excluding carboxylic acids is 1. The molecule has 0 amide bonds. The molecule has 0 spiro atoms. The van der Waals surface area contributed by atoms with E-state index in [1.807, 2.05) is 61.0 Å². The number of nitrogens with zero attached hydrogens (tertiary/aromatic N) is 2. The summed E-state index contributed by atoms with van der Waals surface area (Å²) in [6, 6.07) is 13.4. The monoisotopic (exact) mass is 379 g/mol. The van der Waals surface area contributed by atoms with E-state index in [1.165, 1.54) is 7.11 Å². The molecule has 6 nitrogen and oxygen atoms in total. The van der Waals surface area contributed by atoms with Gasteiger partial charge in [-0.3, -0.25) is 0 Å². The summed E-state index contributed by atoms with van der Waals surface area (Å²) in [4.78, 5) is 12.3. The number of hydrogen-bond acceptors (Lipinski definition) is 5. The number of nitrogens with one attached hydrogen (secondary N) is 1. The predicted molar refractivity (Wildman–Crippen MR) is 110 cm³/mol. The first-order chi connectivity index (χ1) is 13.5. The minimum Gasteiger partial charge on any atom is -0.494 e. The van der Waals surface area contributed by atoms with Crippen LogP contribution in [0.2, 0.25) is 0 Å². The lowest BCUT2D eigenvalue weighted by atomic mass is 10.1. The van der Waals surface area contributed by atoms with Crippen molar-refractivity contribution in [2.45, 2.75) is 27.2 Å². The van der Waals surface area contributed by atoms with E-state index in [0.29, 0.717) is 17.0 Å². The summed E-state index contributed by atoms with van der Waals surface area (Å²) in [5, 5.41) is 8.17. The third-order valence-corrected chi connectivity index (χ3v) is 4.70. The van der Waals surface area contributed by atoms with Gasteiger partial charge >= 0.3 is 5.97 Å². The van der Waals surface area contributed by atoms with Crippen LogP contribution in [-0.4, -0.2) is 30.0 Å². The number of ether oxygens (including phenoxy) is 2. The molecule has 0 atom stereocenters. The Bertz CT molecular complexity index is 1010. The smallest absolute Gasteiger partial charge is 0.339 e. The molecule has 146 valence electrons. The van der Waals surface area contributed by atoms with Crippen LogP contribution in [0.15, 0.2) is 42.5 Å². The Labute approximate surface area is 165 Å². The van der Waals surface area contributed by atoms with Crippen LogP contribution in [0.3, 0.4) is 0 Å². The largest absolute Gasteiger partial charge is 0.494 e. The quantitative estimate of drug-likeness (QED) is 0.635. The van der Waals surface area contributed by atoms with Crippen LogP contribution >= 0.6 is 0 Å². The van der Waals surface area contributed by atoms with Crippen LogP contribution in [0.25, 0.3) is 5.69 Å². The first kappa shape index (κ1) is 19.5. The number of benzene rings is 2.